The maximum Gasteiger partial charge on any atom is 0.268 e. The van der Waals surface area contributed by atoms with Gasteiger partial charge >= 0.3 is 0 Å². The number of rotatable bonds is 51. The SMILES string of the molecule is CCCC/C=C/CC/C=C/C(O)C(COP(=O)([O-])OCC[N+](C)(C)C)NC(=O)CCCCCCCCCCCCCCCCCCCCCCCCCCCCCCCCCCCC. The van der Waals surface area contributed by atoms with Gasteiger partial charge in [0.05, 0.1) is 39.9 Å². The Labute approximate surface area is 398 Å². The second kappa shape index (κ2) is 47.1. The average Bonchev–Trinajstić information content (AvgIpc) is 3.25. The number of hydrogen-bond acceptors (Lipinski definition) is 6. The van der Waals surface area contributed by atoms with Crippen LogP contribution in [0.25, 0.3) is 0 Å². The number of carbonyl (C=O) groups excluding carboxylic acids is 1. The van der Waals surface area contributed by atoms with Crippen LogP contribution < -0.4 is 10.2 Å². The zero-order chi connectivity index (χ0) is 47.1. The van der Waals surface area contributed by atoms with Gasteiger partial charge in [0, 0.05) is 6.42 Å². The molecule has 0 aliphatic heterocycles. The summed E-state index contributed by atoms with van der Waals surface area (Å²) in [6, 6.07) is -0.897. The van der Waals surface area contributed by atoms with Gasteiger partial charge in [-0.1, -0.05) is 263 Å². The molecule has 2 N–H and O–H groups in total. The maximum absolute atomic E-state index is 12.8. The van der Waals surface area contributed by atoms with Crippen LogP contribution in [0, 0.1) is 0 Å². The van der Waals surface area contributed by atoms with Gasteiger partial charge in [0.25, 0.3) is 7.82 Å². The number of quaternary nitrogens is 1. The standard InChI is InChI=1S/C55H109N2O6P/c1-6-8-10-12-14-16-17-18-19-20-21-22-23-24-25-26-27-28-29-30-31-32-33-34-35-36-37-38-39-40-41-43-45-47-49-55(59)56-53(52-63-64(60,61)62-51-50-57(3,4)5)54(58)48-46-44-42-15-13-11-9-7-2/h13,15,46,48,53-54,58H,6-12,14,16-45,47,49-52H2,1-5H3,(H-,56,59,60,61)/b15-13+,48-46+. The molecule has 0 aromatic heterocycles. The molecular weight excluding hydrogens is 816 g/mol. The smallest absolute Gasteiger partial charge is 0.268 e. The zero-order valence-electron chi connectivity index (χ0n) is 43.3. The first kappa shape index (κ1) is 63.0. The molecule has 0 bridgehead atoms. The van der Waals surface area contributed by atoms with Crippen molar-refractivity contribution in [1.82, 2.24) is 5.32 Å². The molecule has 0 rings (SSSR count). The number of phosphoric ester groups is 1. The van der Waals surface area contributed by atoms with E-state index in [9.17, 15) is 19.4 Å². The number of aliphatic hydroxyl groups excluding tert-OH is 1. The van der Waals surface area contributed by atoms with Crippen molar-refractivity contribution in [2.45, 2.75) is 283 Å². The highest BCUT2D eigenvalue weighted by Gasteiger charge is 2.23. The van der Waals surface area contributed by atoms with Crippen molar-refractivity contribution in [1.29, 1.82) is 0 Å². The lowest BCUT2D eigenvalue weighted by molar-refractivity contribution is -0.870. The van der Waals surface area contributed by atoms with Crippen LogP contribution in [-0.4, -0.2) is 68.5 Å². The largest absolute Gasteiger partial charge is 0.756 e. The summed E-state index contributed by atoms with van der Waals surface area (Å²) in [6.07, 6.45) is 58.8. The molecule has 3 unspecified atom stereocenters. The highest BCUT2D eigenvalue weighted by molar-refractivity contribution is 7.45. The minimum atomic E-state index is -4.59. The van der Waals surface area contributed by atoms with Crippen molar-refractivity contribution in [3.63, 3.8) is 0 Å². The van der Waals surface area contributed by atoms with E-state index in [2.05, 4.69) is 31.3 Å². The molecule has 0 fully saturated rings. The molecule has 64 heavy (non-hydrogen) atoms. The van der Waals surface area contributed by atoms with Crippen LogP contribution in [0.15, 0.2) is 24.3 Å². The van der Waals surface area contributed by atoms with Gasteiger partial charge in [-0.2, -0.15) is 0 Å². The van der Waals surface area contributed by atoms with Crippen molar-refractivity contribution in [2.75, 3.05) is 40.9 Å². The molecule has 3 atom stereocenters. The lowest BCUT2D eigenvalue weighted by Crippen LogP contribution is -2.45. The van der Waals surface area contributed by atoms with Gasteiger partial charge in [0.2, 0.25) is 5.91 Å². The molecule has 1 amide bonds. The molecule has 0 radical (unpaired) electrons. The third kappa shape index (κ3) is 48.9. The summed E-state index contributed by atoms with van der Waals surface area (Å²) in [7, 11) is 1.25. The molecule has 0 aliphatic rings. The normalized spacial score (nSPS) is 14.2. The zero-order valence-corrected chi connectivity index (χ0v) is 44.1. The van der Waals surface area contributed by atoms with Crippen molar-refractivity contribution >= 4 is 13.7 Å². The van der Waals surface area contributed by atoms with Crippen LogP contribution in [0.4, 0.5) is 0 Å². The Hall–Kier alpha value is -1.02. The number of hydrogen-bond donors (Lipinski definition) is 2. The summed E-state index contributed by atoms with van der Waals surface area (Å²) in [6.45, 7) is 4.57. The topological polar surface area (TPSA) is 108 Å². The number of amides is 1. The summed E-state index contributed by atoms with van der Waals surface area (Å²) in [5, 5.41) is 13.7. The molecule has 8 nitrogen and oxygen atoms in total. The minimum Gasteiger partial charge on any atom is -0.756 e. The van der Waals surface area contributed by atoms with E-state index in [4.69, 9.17) is 9.05 Å². The fourth-order valence-corrected chi connectivity index (χ4v) is 9.00. The van der Waals surface area contributed by atoms with Crippen LogP contribution >= 0.6 is 7.82 Å². The van der Waals surface area contributed by atoms with Gasteiger partial charge in [-0.05, 0) is 25.7 Å². The monoisotopic (exact) mass is 925 g/mol. The molecule has 0 saturated heterocycles. The first-order chi connectivity index (χ1) is 31.0. The van der Waals surface area contributed by atoms with Gasteiger partial charge in [0.1, 0.15) is 13.2 Å². The molecule has 0 heterocycles. The lowest BCUT2D eigenvalue weighted by Gasteiger charge is -2.29. The quantitative estimate of drug-likeness (QED) is 0.0272. The number of nitrogens with one attached hydrogen (secondary N) is 1. The molecule has 9 heteroatoms. The Bertz CT molecular complexity index is 1090. The first-order valence-corrected chi connectivity index (χ1v) is 29.2. The van der Waals surface area contributed by atoms with E-state index >= 15 is 0 Å². The van der Waals surface area contributed by atoms with Crippen LogP contribution in [-0.2, 0) is 18.4 Å². The van der Waals surface area contributed by atoms with Gasteiger partial charge in [-0.3, -0.25) is 9.36 Å². The first-order valence-electron chi connectivity index (χ1n) is 27.7. The van der Waals surface area contributed by atoms with E-state index in [1.807, 2.05) is 27.2 Å². The highest BCUT2D eigenvalue weighted by atomic mass is 31.2. The lowest BCUT2D eigenvalue weighted by atomic mass is 10.0. The van der Waals surface area contributed by atoms with Crippen molar-refractivity contribution in [3.8, 4) is 0 Å². The van der Waals surface area contributed by atoms with Crippen LogP contribution in [0.5, 0.6) is 0 Å². The summed E-state index contributed by atoms with van der Waals surface area (Å²) < 4.78 is 23.1. The number of carbonyl (C=O) groups is 1. The van der Waals surface area contributed by atoms with E-state index < -0.39 is 20.0 Å². The van der Waals surface area contributed by atoms with E-state index in [0.717, 1.165) is 38.5 Å². The average molecular weight is 925 g/mol. The van der Waals surface area contributed by atoms with Crippen molar-refractivity contribution in [3.05, 3.63) is 24.3 Å². The third-order valence-corrected chi connectivity index (χ3v) is 13.6. The fraction of sp³-hybridized carbons (Fsp3) is 0.909. The second-order valence-electron chi connectivity index (χ2n) is 20.3. The second-order valence-corrected chi connectivity index (χ2v) is 21.7. The Morgan fingerprint density at radius 3 is 1.25 bits per heavy atom. The minimum absolute atomic E-state index is 0.00469. The van der Waals surface area contributed by atoms with Gasteiger partial charge in [0.15, 0.2) is 0 Å². The molecule has 0 spiro atoms. The molecule has 0 aromatic carbocycles. The predicted octanol–water partition coefficient (Wildman–Crippen LogP) is 15.8. The number of allylic oxidation sites excluding steroid dienone is 3. The fourth-order valence-electron chi connectivity index (χ4n) is 8.28. The third-order valence-electron chi connectivity index (χ3n) is 12.7. The van der Waals surface area contributed by atoms with Gasteiger partial charge < -0.3 is 28.8 Å². The molecule has 380 valence electrons. The Kier molecular flexibility index (Phi) is 46.3. The Morgan fingerprint density at radius 2 is 0.875 bits per heavy atom. The highest BCUT2D eigenvalue weighted by Crippen LogP contribution is 2.38. The summed E-state index contributed by atoms with van der Waals surface area (Å²) >= 11 is 0. The molecule has 0 saturated carbocycles. The molecular formula is C55H109N2O6P. The van der Waals surface area contributed by atoms with E-state index in [-0.39, 0.29) is 19.1 Å². The number of unbranched alkanes of at least 4 members (excludes halogenated alkanes) is 36. The van der Waals surface area contributed by atoms with Gasteiger partial charge in [-0.15, -0.1) is 0 Å². The number of phosphoric acid groups is 1. The summed E-state index contributed by atoms with van der Waals surface area (Å²) in [4.78, 5) is 25.3. The van der Waals surface area contributed by atoms with Crippen molar-refractivity contribution < 1.29 is 32.9 Å². The molecule has 0 aromatic rings. The summed E-state index contributed by atoms with van der Waals surface area (Å²) in [5.41, 5.74) is 0. The van der Waals surface area contributed by atoms with Crippen LogP contribution in [0.3, 0.4) is 0 Å². The number of aliphatic hydroxyl groups is 1. The van der Waals surface area contributed by atoms with Crippen LogP contribution in [0.1, 0.15) is 271 Å². The van der Waals surface area contributed by atoms with E-state index in [1.54, 1.807) is 6.08 Å². The Balaban J connectivity index is 3.82. The molecule has 0 aliphatic carbocycles. The number of nitrogens with zero attached hydrogens (tertiary/aromatic N) is 1. The maximum atomic E-state index is 12.8. The van der Waals surface area contributed by atoms with Crippen LogP contribution in [0.2, 0.25) is 0 Å². The van der Waals surface area contributed by atoms with E-state index in [0.29, 0.717) is 17.4 Å². The van der Waals surface area contributed by atoms with Crippen molar-refractivity contribution in [2.24, 2.45) is 0 Å². The van der Waals surface area contributed by atoms with E-state index in [1.165, 1.54) is 212 Å². The summed E-state index contributed by atoms with van der Waals surface area (Å²) in [5.74, 6) is -0.206. The Morgan fingerprint density at radius 1 is 0.531 bits per heavy atom. The van der Waals surface area contributed by atoms with Gasteiger partial charge in [-0.25, -0.2) is 0 Å². The predicted molar refractivity (Wildman–Crippen MR) is 275 cm³/mol. The number of likely N-dealkylation sites (N-methyl/N-ethyl adjacent to an activating group) is 1.